The van der Waals surface area contributed by atoms with E-state index < -0.39 is 0 Å². The van der Waals surface area contributed by atoms with Crippen molar-refractivity contribution in [2.24, 2.45) is 10.9 Å². The maximum atomic E-state index is 6.20. The Kier molecular flexibility index (Phi) is 9.17. The van der Waals surface area contributed by atoms with Gasteiger partial charge in [-0.1, -0.05) is 18.9 Å². The predicted octanol–water partition coefficient (Wildman–Crippen LogP) is 3.53. The fourth-order valence-corrected chi connectivity index (χ4v) is 4.52. The molecule has 1 saturated heterocycles. The van der Waals surface area contributed by atoms with Crippen LogP contribution in [0.3, 0.4) is 0 Å². The number of likely N-dealkylation sites (tertiary alicyclic amines) is 1. The first-order chi connectivity index (χ1) is 14.3. The molecule has 0 atom stereocenters. The van der Waals surface area contributed by atoms with E-state index in [-0.39, 0.29) is 24.0 Å². The van der Waals surface area contributed by atoms with Crippen molar-refractivity contribution < 1.29 is 4.74 Å². The molecule has 0 spiro atoms. The number of aliphatic imine (C=N–C) groups is 1. The van der Waals surface area contributed by atoms with Crippen molar-refractivity contribution in [2.75, 3.05) is 33.3 Å². The highest BCUT2D eigenvalue weighted by atomic mass is 127. The molecule has 1 saturated carbocycles. The van der Waals surface area contributed by atoms with E-state index in [1.165, 1.54) is 25.7 Å². The van der Waals surface area contributed by atoms with Crippen LogP contribution in [0.1, 0.15) is 50.8 Å². The highest BCUT2D eigenvalue weighted by molar-refractivity contribution is 14.0. The molecule has 4 rings (SSSR count). The predicted molar refractivity (Wildman–Crippen MR) is 131 cm³/mol. The Labute approximate surface area is 196 Å². The van der Waals surface area contributed by atoms with Crippen molar-refractivity contribution in [3.8, 4) is 0 Å². The van der Waals surface area contributed by atoms with Crippen LogP contribution in [0.15, 0.2) is 29.4 Å². The van der Waals surface area contributed by atoms with Gasteiger partial charge in [0.2, 0.25) is 0 Å². The van der Waals surface area contributed by atoms with Gasteiger partial charge in [0.15, 0.2) is 11.6 Å². The number of guanidine groups is 1. The third-order valence-electron chi connectivity index (χ3n) is 6.24. The molecule has 2 aromatic heterocycles. The Balaban J connectivity index is 0.00000256. The first-order valence-electron chi connectivity index (χ1n) is 11.2. The summed E-state index contributed by atoms with van der Waals surface area (Å²) in [6.45, 7) is 3.88. The van der Waals surface area contributed by atoms with E-state index in [0.717, 1.165) is 75.3 Å². The van der Waals surface area contributed by atoms with Crippen molar-refractivity contribution in [1.82, 2.24) is 24.8 Å². The molecule has 2 fully saturated rings. The zero-order valence-electron chi connectivity index (χ0n) is 18.0. The molecule has 2 aromatic rings. The molecule has 3 heterocycles. The molecule has 2 aliphatic rings. The number of aromatic nitrogens is 3. The molecule has 1 aliphatic carbocycles. The average molecular weight is 526 g/mol. The van der Waals surface area contributed by atoms with Crippen LogP contribution in [-0.2, 0) is 11.2 Å². The Hall–Kier alpha value is -1.42. The number of fused-ring (bicyclic) bond motifs is 1. The van der Waals surface area contributed by atoms with Crippen molar-refractivity contribution in [3.63, 3.8) is 0 Å². The van der Waals surface area contributed by atoms with E-state index in [1.54, 1.807) is 0 Å². The molecule has 8 heteroatoms. The fourth-order valence-electron chi connectivity index (χ4n) is 4.52. The fraction of sp³-hybridized carbons (Fsp3) is 0.682. The minimum atomic E-state index is 0. The second-order valence-electron chi connectivity index (χ2n) is 8.29. The Morgan fingerprint density at radius 2 is 1.97 bits per heavy atom. The lowest BCUT2D eigenvalue weighted by atomic mass is 10.1. The third-order valence-corrected chi connectivity index (χ3v) is 6.24. The Morgan fingerprint density at radius 3 is 2.73 bits per heavy atom. The van der Waals surface area contributed by atoms with Crippen molar-refractivity contribution in [1.29, 1.82) is 0 Å². The van der Waals surface area contributed by atoms with Gasteiger partial charge in [0.1, 0.15) is 5.82 Å². The van der Waals surface area contributed by atoms with Gasteiger partial charge in [-0.3, -0.25) is 9.39 Å². The van der Waals surface area contributed by atoms with Crippen LogP contribution >= 0.6 is 24.0 Å². The first kappa shape index (κ1) is 23.2. The largest absolute Gasteiger partial charge is 0.378 e. The number of halogens is 1. The highest BCUT2D eigenvalue weighted by Crippen LogP contribution is 2.26. The summed E-state index contributed by atoms with van der Waals surface area (Å²) in [7, 11) is 1.87. The monoisotopic (exact) mass is 526 g/mol. The Bertz CT molecular complexity index is 796. The number of hydrogen-bond donors (Lipinski definition) is 1. The summed E-state index contributed by atoms with van der Waals surface area (Å²) in [5.41, 5.74) is 0.907. The van der Waals surface area contributed by atoms with Gasteiger partial charge in [-0.15, -0.1) is 34.2 Å². The van der Waals surface area contributed by atoms with Gasteiger partial charge in [-0.25, -0.2) is 0 Å². The standard InChI is InChI=1S/C22H34N6O.HI/c1-23-22(24-13-6-10-21-26-25-20-9-4-5-14-28(20)21)27-15-11-19(12-16-27)29-17-18-7-2-3-8-18;/h4-5,9,14,18-19H,2-3,6-8,10-13,15-17H2,1H3,(H,23,24);1H. The van der Waals surface area contributed by atoms with Crippen LogP contribution in [0.4, 0.5) is 0 Å². The van der Waals surface area contributed by atoms with Crippen LogP contribution in [-0.4, -0.2) is 64.9 Å². The number of hydrogen-bond acceptors (Lipinski definition) is 4. The van der Waals surface area contributed by atoms with Crippen molar-refractivity contribution in [2.45, 2.75) is 57.5 Å². The molecule has 166 valence electrons. The van der Waals surface area contributed by atoms with Crippen LogP contribution in [0.5, 0.6) is 0 Å². The minimum absolute atomic E-state index is 0. The van der Waals surface area contributed by atoms with Gasteiger partial charge in [0, 0.05) is 45.9 Å². The number of pyridine rings is 1. The zero-order valence-corrected chi connectivity index (χ0v) is 20.3. The number of nitrogens with one attached hydrogen (secondary N) is 1. The van der Waals surface area contributed by atoms with E-state index in [9.17, 15) is 0 Å². The van der Waals surface area contributed by atoms with Gasteiger partial charge in [0.25, 0.3) is 0 Å². The van der Waals surface area contributed by atoms with E-state index in [2.05, 4.69) is 29.8 Å². The number of piperidine rings is 1. The van der Waals surface area contributed by atoms with Gasteiger partial charge in [-0.05, 0) is 50.2 Å². The molecule has 7 nitrogen and oxygen atoms in total. The molecular formula is C22H35IN6O. The smallest absolute Gasteiger partial charge is 0.193 e. The molecule has 30 heavy (non-hydrogen) atoms. The molecular weight excluding hydrogens is 491 g/mol. The molecule has 0 aromatic carbocycles. The first-order valence-corrected chi connectivity index (χ1v) is 11.2. The van der Waals surface area contributed by atoms with E-state index >= 15 is 0 Å². The molecule has 0 bridgehead atoms. The normalized spacial score (nSPS) is 18.7. The summed E-state index contributed by atoms with van der Waals surface area (Å²) in [6.07, 6.45) is 12.0. The van der Waals surface area contributed by atoms with Crippen molar-refractivity contribution >= 4 is 35.6 Å². The van der Waals surface area contributed by atoms with Gasteiger partial charge in [0.05, 0.1) is 6.10 Å². The summed E-state index contributed by atoms with van der Waals surface area (Å²) in [4.78, 5) is 6.85. The number of ether oxygens (including phenoxy) is 1. The highest BCUT2D eigenvalue weighted by Gasteiger charge is 2.23. The number of rotatable bonds is 7. The van der Waals surface area contributed by atoms with Gasteiger partial charge < -0.3 is 15.0 Å². The molecule has 1 N–H and O–H groups in total. The number of aryl methyl sites for hydroxylation is 1. The average Bonchev–Trinajstić information content (AvgIpc) is 3.43. The van der Waals surface area contributed by atoms with Crippen molar-refractivity contribution in [3.05, 3.63) is 30.2 Å². The van der Waals surface area contributed by atoms with Gasteiger partial charge in [-0.2, -0.15) is 0 Å². The summed E-state index contributed by atoms with van der Waals surface area (Å²) >= 11 is 0. The lowest BCUT2D eigenvalue weighted by Gasteiger charge is -2.34. The number of nitrogens with zero attached hydrogens (tertiary/aromatic N) is 5. The summed E-state index contributed by atoms with van der Waals surface area (Å²) in [5.74, 6) is 2.83. The quantitative estimate of drug-likeness (QED) is 0.259. The zero-order chi connectivity index (χ0) is 19.9. The maximum Gasteiger partial charge on any atom is 0.193 e. The lowest BCUT2D eigenvalue weighted by Crippen LogP contribution is -2.47. The van der Waals surface area contributed by atoms with E-state index in [4.69, 9.17) is 4.74 Å². The minimum Gasteiger partial charge on any atom is -0.378 e. The summed E-state index contributed by atoms with van der Waals surface area (Å²) in [5, 5.41) is 12.0. The van der Waals surface area contributed by atoms with Crippen LogP contribution in [0.2, 0.25) is 0 Å². The molecule has 0 radical (unpaired) electrons. The van der Waals surface area contributed by atoms with Gasteiger partial charge >= 0.3 is 0 Å². The second kappa shape index (κ2) is 11.8. The summed E-state index contributed by atoms with van der Waals surface area (Å²) in [6, 6.07) is 5.99. The maximum absolute atomic E-state index is 6.20. The van der Waals surface area contributed by atoms with E-state index in [1.807, 2.05) is 31.4 Å². The second-order valence-corrected chi connectivity index (χ2v) is 8.29. The lowest BCUT2D eigenvalue weighted by molar-refractivity contribution is 0.00102. The molecule has 0 amide bonds. The van der Waals surface area contributed by atoms with Crippen LogP contribution in [0, 0.1) is 5.92 Å². The third kappa shape index (κ3) is 6.06. The van der Waals surface area contributed by atoms with Crippen LogP contribution in [0.25, 0.3) is 5.65 Å². The van der Waals surface area contributed by atoms with E-state index in [0.29, 0.717) is 6.10 Å². The topological polar surface area (TPSA) is 67.0 Å². The summed E-state index contributed by atoms with van der Waals surface area (Å²) < 4.78 is 8.26. The SMILES string of the molecule is CN=C(NCCCc1nnc2ccccn12)N1CCC(OCC2CCCC2)CC1.I. The molecule has 1 aliphatic heterocycles. The Morgan fingerprint density at radius 1 is 1.17 bits per heavy atom. The van der Waals surface area contributed by atoms with Crippen LogP contribution < -0.4 is 5.32 Å². The molecule has 0 unspecified atom stereocenters.